The molecule has 0 N–H and O–H groups in total. The molecule has 0 spiro atoms. The molecule has 1 unspecified atom stereocenters. The van der Waals surface area contributed by atoms with Gasteiger partial charge < -0.3 is 28.4 Å². The van der Waals surface area contributed by atoms with Crippen molar-refractivity contribution in [2.24, 2.45) is 0 Å². The Morgan fingerprint density at radius 3 is 2.28 bits per heavy atom. The fraction of sp³-hybridized carbons (Fsp3) is 0.409. The molecule has 158 valence electrons. The van der Waals surface area contributed by atoms with Crippen molar-refractivity contribution in [2.45, 2.75) is 19.3 Å². The van der Waals surface area contributed by atoms with Crippen molar-refractivity contribution in [1.82, 2.24) is 0 Å². The monoisotopic (exact) mass is 404 g/mol. The number of esters is 1. The van der Waals surface area contributed by atoms with E-state index < -0.39 is 5.92 Å². The molecule has 0 aliphatic carbocycles. The highest BCUT2D eigenvalue weighted by molar-refractivity contribution is 5.85. The molecule has 0 amide bonds. The number of carbonyl (C=O) groups excluding carboxylic acids is 1. The summed E-state index contributed by atoms with van der Waals surface area (Å²) in [5.74, 6) is 0.889. The average Bonchev–Trinajstić information content (AvgIpc) is 2.76. The number of hydrogen-bond acceptors (Lipinski definition) is 7. The zero-order valence-corrected chi connectivity index (χ0v) is 17.5. The maximum Gasteiger partial charge on any atom is 0.313 e. The minimum atomic E-state index is -0.503. The molecule has 0 heterocycles. The van der Waals surface area contributed by atoms with Gasteiger partial charge in [-0.25, -0.2) is 0 Å². The molecule has 0 aliphatic heterocycles. The summed E-state index contributed by atoms with van der Waals surface area (Å²) in [6.07, 6.45) is 0.543. The molecule has 2 rings (SSSR count). The molecule has 1 atom stereocenters. The number of ether oxygens (including phenoxy) is 6. The van der Waals surface area contributed by atoms with Crippen molar-refractivity contribution in [3.05, 3.63) is 42.0 Å². The van der Waals surface area contributed by atoms with Gasteiger partial charge in [-0.2, -0.15) is 0 Å². The standard InChI is InChI=1S/C22H28O7/c1-6-18(22(23)27-5)19-11-17(28-13-24-2)12-20(29-14-25-3)21(19)15-8-7-9-16(10-15)26-4/h7-12,18H,6,13-14H2,1-5H3. The second-order valence-corrected chi connectivity index (χ2v) is 6.20. The first-order chi connectivity index (χ1) is 14.1. The molecule has 0 radical (unpaired) electrons. The largest absolute Gasteiger partial charge is 0.497 e. The molecular weight excluding hydrogens is 376 g/mol. The minimum absolute atomic E-state index is 0.0408. The third-order valence-electron chi connectivity index (χ3n) is 4.41. The van der Waals surface area contributed by atoms with Gasteiger partial charge in [-0.1, -0.05) is 19.1 Å². The van der Waals surface area contributed by atoms with E-state index in [1.165, 1.54) is 14.2 Å². The summed E-state index contributed by atoms with van der Waals surface area (Å²) >= 11 is 0. The topological polar surface area (TPSA) is 72.5 Å². The number of rotatable bonds is 11. The van der Waals surface area contributed by atoms with Gasteiger partial charge in [-0.15, -0.1) is 0 Å². The third kappa shape index (κ3) is 5.62. The molecule has 0 aromatic heterocycles. The SMILES string of the molecule is CCC(C(=O)OC)c1cc(OCOC)cc(OCOC)c1-c1cccc(OC)c1. The quantitative estimate of drug-likeness (QED) is 0.414. The van der Waals surface area contributed by atoms with Gasteiger partial charge in [0.15, 0.2) is 13.6 Å². The van der Waals surface area contributed by atoms with Crippen molar-refractivity contribution < 1.29 is 33.2 Å². The molecule has 0 saturated heterocycles. The molecule has 2 aromatic carbocycles. The Balaban J connectivity index is 2.74. The van der Waals surface area contributed by atoms with E-state index in [0.717, 1.165) is 16.7 Å². The zero-order valence-electron chi connectivity index (χ0n) is 17.5. The van der Waals surface area contributed by atoms with Gasteiger partial charge in [0, 0.05) is 25.8 Å². The molecule has 7 nitrogen and oxygen atoms in total. The van der Waals surface area contributed by atoms with Crippen LogP contribution in [0, 0.1) is 0 Å². The van der Waals surface area contributed by atoms with Gasteiger partial charge in [0.2, 0.25) is 0 Å². The first-order valence-corrected chi connectivity index (χ1v) is 9.23. The lowest BCUT2D eigenvalue weighted by Crippen LogP contribution is -2.15. The highest BCUT2D eigenvalue weighted by atomic mass is 16.7. The summed E-state index contributed by atoms with van der Waals surface area (Å²) < 4.78 is 32.0. The number of benzene rings is 2. The van der Waals surface area contributed by atoms with E-state index in [4.69, 9.17) is 28.4 Å². The smallest absolute Gasteiger partial charge is 0.313 e. The Hall–Kier alpha value is -2.77. The lowest BCUT2D eigenvalue weighted by Gasteiger charge is -2.22. The predicted molar refractivity (Wildman–Crippen MR) is 108 cm³/mol. The highest BCUT2D eigenvalue weighted by Gasteiger charge is 2.27. The van der Waals surface area contributed by atoms with Gasteiger partial charge >= 0.3 is 5.97 Å². The van der Waals surface area contributed by atoms with Gasteiger partial charge in [0.25, 0.3) is 0 Å². The molecule has 0 aliphatic rings. The normalized spacial score (nSPS) is 11.6. The Kier molecular flexibility index (Phi) is 8.76. The third-order valence-corrected chi connectivity index (χ3v) is 4.41. The van der Waals surface area contributed by atoms with Gasteiger partial charge in [-0.3, -0.25) is 4.79 Å². The zero-order chi connectivity index (χ0) is 21.2. The van der Waals surface area contributed by atoms with Crippen LogP contribution in [0.5, 0.6) is 17.2 Å². The van der Waals surface area contributed by atoms with E-state index >= 15 is 0 Å². The summed E-state index contributed by atoms with van der Waals surface area (Å²) in [5.41, 5.74) is 2.32. The van der Waals surface area contributed by atoms with Gasteiger partial charge in [-0.05, 0) is 35.7 Å². The van der Waals surface area contributed by atoms with Crippen LogP contribution in [0.1, 0.15) is 24.8 Å². The maximum absolute atomic E-state index is 12.5. The lowest BCUT2D eigenvalue weighted by atomic mass is 9.88. The molecular formula is C22H28O7. The molecule has 7 heteroatoms. The lowest BCUT2D eigenvalue weighted by molar-refractivity contribution is -0.142. The Morgan fingerprint density at radius 2 is 1.66 bits per heavy atom. The van der Waals surface area contributed by atoms with E-state index in [1.807, 2.05) is 37.3 Å². The van der Waals surface area contributed by atoms with E-state index in [1.54, 1.807) is 20.3 Å². The summed E-state index contributed by atoms with van der Waals surface area (Å²) in [7, 11) is 6.06. The first-order valence-electron chi connectivity index (χ1n) is 9.23. The average molecular weight is 404 g/mol. The van der Waals surface area contributed by atoms with Crippen molar-refractivity contribution in [3.8, 4) is 28.4 Å². The van der Waals surface area contributed by atoms with Gasteiger partial charge in [0.05, 0.1) is 20.1 Å². The van der Waals surface area contributed by atoms with Crippen LogP contribution in [0.15, 0.2) is 36.4 Å². The van der Waals surface area contributed by atoms with Crippen LogP contribution in [0.3, 0.4) is 0 Å². The van der Waals surface area contributed by atoms with Crippen LogP contribution in [-0.4, -0.2) is 48.0 Å². The van der Waals surface area contributed by atoms with E-state index in [2.05, 4.69) is 0 Å². The van der Waals surface area contributed by atoms with Crippen LogP contribution in [0.4, 0.5) is 0 Å². The summed E-state index contributed by atoms with van der Waals surface area (Å²) in [6.45, 7) is 2.03. The molecule has 0 bridgehead atoms. The minimum Gasteiger partial charge on any atom is -0.497 e. The van der Waals surface area contributed by atoms with Crippen molar-refractivity contribution in [1.29, 1.82) is 0 Å². The highest BCUT2D eigenvalue weighted by Crippen LogP contribution is 2.42. The summed E-state index contributed by atoms with van der Waals surface area (Å²) in [5, 5.41) is 0. The van der Waals surface area contributed by atoms with Crippen LogP contribution in [0.25, 0.3) is 11.1 Å². The second-order valence-electron chi connectivity index (χ2n) is 6.20. The van der Waals surface area contributed by atoms with Crippen LogP contribution in [0.2, 0.25) is 0 Å². The fourth-order valence-corrected chi connectivity index (χ4v) is 3.08. The maximum atomic E-state index is 12.5. The Labute approximate surface area is 171 Å². The summed E-state index contributed by atoms with van der Waals surface area (Å²) in [6, 6.07) is 11.1. The van der Waals surface area contributed by atoms with Crippen molar-refractivity contribution >= 4 is 5.97 Å². The molecule has 29 heavy (non-hydrogen) atoms. The Bertz CT molecular complexity index is 804. The van der Waals surface area contributed by atoms with E-state index in [0.29, 0.717) is 23.7 Å². The molecule has 0 saturated carbocycles. The first kappa shape index (κ1) is 22.5. The van der Waals surface area contributed by atoms with Gasteiger partial charge in [0.1, 0.15) is 17.2 Å². The fourth-order valence-electron chi connectivity index (χ4n) is 3.08. The molecule has 2 aromatic rings. The second kappa shape index (κ2) is 11.3. The van der Waals surface area contributed by atoms with Crippen LogP contribution < -0.4 is 14.2 Å². The van der Waals surface area contributed by atoms with E-state index in [9.17, 15) is 4.79 Å². The van der Waals surface area contributed by atoms with Crippen molar-refractivity contribution in [3.63, 3.8) is 0 Å². The van der Waals surface area contributed by atoms with Crippen LogP contribution >= 0.6 is 0 Å². The summed E-state index contributed by atoms with van der Waals surface area (Å²) in [4.78, 5) is 12.5. The van der Waals surface area contributed by atoms with Crippen molar-refractivity contribution in [2.75, 3.05) is 42.0 Å². The molecule has 0 fully saturated rings. The van der Waals surface area contributed by atoms with Crippen LogP contribution in [-0.2, 0) is 19.0 Å². The number of methoxy groups -OCH3 is 4. The number of hydrogen-bond donors (Lipinski definition) is 0. The predicted octanol–water partition coefficient (Wildman–Crippen LogP) is 3.99. The number of carbonyl (C=O) groups is 1. The Morgan fingerprint density at radius 1 is 0.931 bits per heavy atom. The van der Waals surface area contributed by atoms with E-state index in [-0.39, 0.29) is 19.6 Å².